The van der Waals surface area contributed by atoms with E-state index in [9.17, 15) is 0 Å². The third-order valence-electron chi connectivity index (χ3n) is 3.10. The lowest BCUT2D eigenvalue weighted by molar-refractivity contribution is 0.536. The molecule has 0 spiro atoms. The lowest BCUT2D eigenvalue weighted by atomic mass is 10.2. The summed E-state index contributed by atoms with van der Waals surface area (Å²) in [4.78, 5) is 11.3. The SMILES string of the molecule is Brc1ccc(-c2csc(N=CN3CCCC3)n2)cc1. The average Bonchev–Trinajstić information content (AvgIpc) is 3.09. The van der Waals surface area contributed by atoms with Crippen LogP contribution < -0.4 is 0 Å². The molecule has 0 unspecified atom stereocenters. The molecular formula is C14H14BrN3S. The molecule has 0 atom stereocenters. The van der Waals surface area contributed by atoms with E-state index in [2.05, 4.69) is 48.3 Å². The molecule has 1 aliphatic rings. The Kier molecular flexibility index (Phi) is 3.94. The molecule has 19 heavy (non-hydrogen) atoms. The highest BCUT2D eigenvalue weighted by atomic mass is 79.9. The van der Waals surface area contributed by atoms with E-state index in [1.165, 1.54) is 12.8 Å². The van der Waals surface area contributed by atoms with Crippen LogP contribution >= 0.6 is 27.3 Å². The number of hydrogen-bond donors (Lipinski definition) is 0. The lowest BCUT2D eigenvalue weighted by Gasteiger charge is -2.07. The smallest absolute Gasteiger partial charge is 0.211 e. The number of benzene rings is 1. The molecular weight excluding hydrogens is 322 g/mol. The minimum atomic E-state index is 0.824. The summed E-state index contributed by atoms with van der Waals surface area (Å²) in [6, 6.07) is 8.18. The summed E-state index contributed by atoms with van der Waals surface area (Å²) >= 11 is 5.02. The Hall–Kier alpha value is -1.20. The predicted molar refractivity (Wildman–Crippen MR) is 84.2 cm³/mol. The van der Waals surface area contributed by atoms with Crippen molar-refractivity contribution in [2.45, 2.75) is 12.8 Å². The number of nitrogens with zero attached hydrogens (tertiary/aromatic N) is 3. The first kappa shape index (κ1) is 12.8. The first-order valence-electron chi connectivity index (χ1n) is 6.31. The molecule has 0 N–H and O–H groups in total. The minimum absolute atomic E-state index is 0.824. The molecule has 0 aliphatic carbocycles. The standard InChI is InChI=1S/C14H14BrN3S/c15-12-5-3-11(4-6-12)13-9-19-14(17-13)16-10-18-7-1-2-8-18/h3-6,9-10H,1-2,7-8H2. The van der Waals surface area contributed by atoms with Crippen LogP contribution in [0.5, 0.6) is 0 Å². The van der Waals surface area contributed by atoms with Gasteiger partial charge in [0.15, 0.2) is 0 Å². The number of rotatable bonds is 3. The zero-order valence-electron chi connectivity index (χ0n) is 10.4. The molecule has 98 valence electrons. The fourth-order valence-corrected chi connectivity index (χ4v) is 2.99. The Balaban J connectivity index is 1.73. The topological polar surface area (TPSA) is 28.5 Å². The van der Waals surface area contributed by atoms with E-state index < -0.39 is 0 Å². The fourth-order valence-electron chi connectivity index (χ4n) is 2.06. The third kappa shape index (κ3) is 3.22. The minimum Gasteiger partial charge on any atom is -0.363 e. The molecule has 1 aromatic heterocycles. The third-order valence-corrected chi connectivity index (χ3v) is 4.38. The molecule has 1 saturated heterocycles. The van der Waals surface area contributed by atoms with Crippen molar-refractivity contribution < 1.29 is 0 Å². The quantitative estimate of drug-likeness (QED) is 0.617. The second-order valence-electron chi connectivity index (χ2n) is 4.51. The van der Waals surface area contributed by atoms with Gasteiger partial charge in [-0.25, -0.2) is 9.98 Å². The molecule has 0 saturated carbocycles. The van der Waals surface area contributed by atoms with E-state index >= 15 is 0 Å². The molecule has 2 heterocycles. The number of thiazole rings is 1. The molecule has 2 aromatic rings. The van der Waals surface area contributed by atoms with Crippen molar-refractivity contribution in [3.63, 3.8) is 0 Å². The summed E-state index contributed by atoms with van der Waals surface area (Å²) in [5.74, 6) is 0. The maximum atomic E-state index is 4.55. The monoisotopic (exact) mass is 335 g/mol. The van der Waals surface area contributed by atoms with Crippen molar-refractivity contribution in [1.82, 2.24) is 9.88 Å². The lowest BCUT2D eigenvalue weighted by Crippen LogP contribution is -2.15. The van der Waals surface area contributed by atoms with Crippen molar-refractivity contribution in [2.75, 3.05) is 13.1 Å². The van der Waals surface area contributed by atoms with Crippen LogP contribution in [-0.2, 0) is 0 Å². The van der Waals surface area contributed by atoms with Gasteiger partial charge in [0.25, 0.3) is 0 Å². The number of aromatic nitrogens is 1. The van der Waals surface area contributed by atoms with E-state index in [1.54, 1.807) is 11.3 Å². The summed E-state index contributed by atoms with van der Waals surface area (Å²) in [7, 11) is 0. The molecule has 0 radical (unpaired) electrons. The second kappa shape index (κ2) is 5.84. The molecule has 0 amide bonds. The Morgan fingerprint density at radius 1 is 1.21 bits per heavy atom. The number of aliphatic imine (C=N–C) groups is 1. The van der Waals surface area contributed by atoms with E-state index in [4.69, 9.17) is 0 Å². The summed E-state index contributed by atoms with van der Waals surface area (Å²) in [6.07, 6.45) is 4.47. The van der Waals surface area contributed by atoms with Crippen molar-refractivity contribution in [2.24, 2.45) is 4.99 Å². The number of likely N-dealkylation sites (tertiary alicyclic amines) is 1. The first-order valence-corrected chi connectivity index (χ1v) is 7.98. The van der Waals surface area contributed by atoms with Crippen LogP contribution in [0.1, 0.15) is 12.8 Å². The summed E-state index contributed by atoms with van der Waals surface area (Å²) in [6.45, 7) is 2.24. The number of hydrogen-bond acceptors (Lipinski definition) is 3. The number of halogens is 1. The summed E-state index contributed by atoms with van der Waals surface area (Å²) in [5.41, 5.74) is 2.12. The van der Waals surface area contributed by atoms with Gasteiger partial charge in [0.2, 0.25) is 5.13 Å². The van der Waals surface area contributed by atoms with Gasteiger partial charge in [-0.2, -0.15) is 0 Å². The van der Waals surface area contributed by atoms with Gasteiger partial charge in [-0.15, -0.1) is 11.3 Å². The van der Waals surface area contributed by atoms with E-state index in [0.717, 1.165) is 34.0 Å². The zero-order valence-corrected chi connectivity index (χ0v) is 12.8. The van der Waals surface area contributed by atoms with Gasteiger partial charge in [-0.3, -0.25) is 0 Å². The molecule has 3 rings (SSSR count). The summed E-state index contributed by atoms with van der Waals surface area (Å²) < 4.78 is 1.08. The predicted octanol–water partition coefficient (Wildman–Crippen LogP) is 4.33. The zero-order chi connectivity index (χ0) is 13.1. The Morgan fingerprint density at radius 3 is 2.68 bits per heavy atom. The van der Waals surface area contributed by atoms with E-state index in [0.29, 0.717) is 0 Å². The Bertz CT molecular complexity index is 571. The normalized spacial score (nSPS) is 15.5. The van der Waals surface area contributed by atoms with Crippen LogP contribution in [0.3, 0.4) is 0 Å². The van der Waals surface area contributed by atoms with Crippen LogP contribution in [0, 0.1) is 0 Å². The van der Waals surface area contributed by atoms with Gasteiger partial charge < -0.3 is 4.90 Å². The Labute approximate surface area is 125 Å². The fraction of sp³-hybridized carbons (Fsp3) is 0.286. The second-order valence-corrected chi connectivity index (χ2v) is 6.26. The summed E-state index contributed by atoms with van der Waals surface area (Å²) in [5, 5.41) is 2.88. The van der Waals surface area contributed by atoms with Crippen molar-refractivity contribution in [3.8, 4) is 11.3 Å². The van der Waals surface area contributed by atoms with Gasteiger partial charge >= 0.3 is 0 Å². The van der Waals surface area contributed by atoms with Crippen LogP contribution in [-0.4, -0.2) is 29.3 Å². The molecule has 1 aromatic carbocycles. The maximum Gasteiger partial charge on any atom is 0.211 e. The van der Waals surface area contributed by atoms with Gasteiger partial charge in [-0.05, 0) is 25.0 Å². The highest BCUT2D eigenvalue weighted by Crippen LogP contribution is 2.27. The maximum absolute atomic E-state index is 4.55. The van der Waals surface area contributed by atoms with Crippen LogP contribution in [0.15, 0.2) is 39.1 Å². The largest absolute Gasteiger partial charge is 0.363 e. The highest BCUT2D eigenvalue weighted by Gasteiger charge is 2.08. The molecule has 3 nitrogen and oxygen atoms in total. The van der Waals surface area contributed by atoms with Gasteiger partial charge in [-0.1, -0.05) is 28.1 Å². The van der Waals surface area contributed by atoms with Gasteiger partial charge in [0.1, 0.15) is 0 Å². The van der Waals surface area contributed by atoms with Crippen LogP contribution in [0.25, 0.3) is 11.3 Å². The van der Waals surface area contributed by atoms with Crippen molar-refractivity contribution in [1.29, 1.82) is 0 Å². The van der Waals surface area contributed by atoms with Gasteiger partial charge in [0.05, 0.1) is 12.0 Å². The van der Waals surface area contributed by atoms with E-state index in [1.807, 2.05) is 18.5 Å². The first-order chi connectivity index (χ1) is 9.31. The van der Waals surface area contributed by atoms with Crippen molar-refractivity contribution >= 4 is 38.7 Å². The van der Waals surface area contributed by atoms with Crippen LogP contribution in [0.2, 0.25) is 0 Å². The molecule has 5 heteroatoms. The molecule has 1 fully saturated rings. The average molecular weight is 336 g/mol. The van der Waals surface area contributed by atoms with E-state index in [-0.39, 0.29) is 0 Å². The highest BCUT2D eigenvalue weighted by molar-refractivity contribution is 9.10. The van der Waals surface area contributed by atoms with Crippen LogP contribution in [0.4, 0.5) is 5.13 Å². The van der Waals surface area contributed by atoms with Crippen molar-refractivity contribution in [3.05, 3.63) is 34.1 Å². The molecule has 1 aliphatic heterocycles. The van der Waals surface area contributed by atoms with Gasteiger partial charge in [0, 0.05) is 28.5 Å². The molecule has 0 bridgehead atoms. The Morgan fingerprint density at radius 2 is 1.95 bits per heavy atom.